The van der Waals surface area contributed by atoms with Crippen molar-refractivity contribution in [3.8, 4) is 5.88 Å². The van der Waals surface area contributed by atoms with E-state index in [2.05, 4.69) is 9.97 Å². The quantitative estimate of drug-likeness (QED) is 0.724. The zero-order chi connectivity index (χ0) is 19.4. The highest BCUT2D eigenvalue weighted by molar-refractivity contribution is 6.29. The fourth-order valence-corrected chi connectivity index (χ4v) is 3.17. The van der Waals surface area contributed by atoms with Crippen LogP contribution in [0.2, 0.25) is 5.15 Å². The normalized spacial score (nSPS) is 19.1. The molecule has 3 heterocycles. The number of halogens is 1. The highest BCUT2D eigenvalue weighted by Gasteiger charge is 2.28. The van der Waals surface area contributed by atoms with E-state index < -0.39 is 5.60 Å². The maximum Gasteiger partial charge on any atom is 0.410 e. The minimum Gasteiger partial charge on any atom is -0.474 e. The predicted octanol–water partition coefficient (Wildman–Crippen LogP) is 2.74. The number of likely N-dealkylation sites (tertiary alicyclic amines) is 1. The molecule has 8 nitrogen and oxygen atoms in total. The first-order chi connectivity index (χ1) is 12.8. The summed E-state index contributed by atoms with van der Waals surface area (Å²) in [5.41, 5.74) is -0.488. The Morgan fingerprint density at radius 3 is 2.48 bits per heavy atom. The van der Waals surface area contributed by atoms with Gasteiger partial charge in [-0.3, -0.25) is 0 Å². The summed E-state index contributed by atoms with van der Waals surface area (Å²) in [7, 11) is 0. The number of nitrogens with zero attached hydrogens (tertiary/aromatic N) is 4. The topological polar surface area (TPSA) is 77.0 Å². The second-order valence-corrected chi connectivity index (χ2v) is 8.10. The molecule has 27 heavy (non-hydrogen) atoms. The molecule has 0 saturated carbocycles. The first-order valence-electron chi connectivity index (χ1n) is 9.32. The number of amides is 1. The second kappa shape index (κ2) is 8.48. The summed E-state index contributed by atoms with van der Waals surface area (Å²) in [6.45, 7) is 9.54. The van der Waals surface area contributed by atoms with Crippen molar-refractivity contribution in [3.63, 3.8) is 0 Å². The number of piperidine rings is 1. The van der Waals surface area contributed by atoms with Gasteiger partial charge in [0, 0.05) is 45.1 Å². The highest BCUT2D eigenvalue weighted by Crippen LogP contribution is 2.24. The van der Waals surface area contributed by atoms with Gasteiger partial charge in [0.15, 0.2) is 0 Å². The molecule has 150 valence electrons. The number of carbonyl (C=O) groups is 1. The van der Waals surface area contributed by atoms with E-state index in [-0.39, 0.29) is 12.2 Å². The Hall–Kier alpha value is -1.80. The van der Waals surface area contributed by atoms with Gasteiger partial charge in [-0.05, 0) is 20.8 Å². The monoisotopic (exact) mass is 398 g/mol. The van der Waals surface area contributed by atoms with Crippen LogP contribution in [0.1, 0.15) is 33.6 Å². The van der Waals surface area contributed by atoms with Crippen LogP contribution in [0, 0.1) is 0 Å². The molecule has 0 N–H and O–H groups in total. The zero-order valence-electron chi connectivity index (χ0n) is 16.1. The molecule has 0 aromatic carbocycles. The van der Waals surface area contributed by atoms with Crippen LogP contribution in [0.15, 0.2) is 6.07 Å². The molecule has 0 spiro atoms. The molecule has 0 radical (unpaired) electrons. The molecule has 1 aromatic heterocycles. The molecular weight excluding hydrogens is 372 g/mol. The Bertz CT molecular complexity index is 653. The summed E-state index contributed by atoms with van der Waals surface area (Å²) >= 11 is 6.15. The molecule has 2 fully saturated rings. The Balaban J connectivity index is 1.56. The van der Waals surface area contributed by atoms with Gasteiger partial charge in [-0.2, -0.15) is 4.98 Å². The van der Waals surface area contributed by atoms with Crippen LogP contribution in [0.25, 0.3) is 0 Å². The zero-order valence-corrected chi connectivity index (χ0v) is 16.9. The van der Waals surface area contributed by atoms with Crippen molar-refractivity contribution in [2.75, 3.05) is 44.3 Å². The van der Waals surface area contributed by atoms with Crippen molar-refractivity contribution in [3.05, 3.63) is 11.2 Å². The van der Waals surface area contributed by atoms with Crippen molar-refractivity contribution in [2.24, 2.45) is 0 Å². The predicted molar refractivity (Wildman–Crippen MR) is 102 cm³/mol. The first-order valence-corrected chi connectivity index (χ1v) is 9.70. The summed E-state index contributed by atoms with van der Waals surface area (Å²) in [5.74, 6) is 1.03. The van der Waals surface area contributed by atoms with Gasteiger partial charge in [-0.15, -0.1) is 0 Å². The molecule has 0 atom stereocenters. The number of rotatable bonds is 3. The summed E-state index contributed by atoms with van der Waals surface area (Å²) in [4.78, 5) is 24.7. The number of aromatic nitrogens is 2. The van der Waals surface area contributed by atoms with Crippen LogP contribution in [0.3, 0.4) is 0 Å². The molecule has 2 saturated heterocycles. The SMILES string of the molecule is CC(C)(C)OC(=O)N1CCC(Oc2cc(Cl)nc(N3CCOCC3)n2)CC1. The lowest BCUT2D eigenvalue weighted by atomic mass is 10.1. The van der Waals surface area contributed by atoms with Gasteiger partial charge in [0.25, 0.3) is 0 Å². The molecule has 1 aromatic rings. The van der Waals surface area contributed by atoms with Gasteiger partial charge in [0.05, 0.1) is 13.2 Å². The van der Waals surface area contributed by atoms with Crippen LogP contribution in [0.5, 0.6) is 5.88 Å². The molecule has 2 aliphatic rings. The lowest BCUT2D eigenvalue weighted by molar-refractivity contribution is 0.0123. The summed E-state index contributed by atoms with van der Waals surface area (Å²) in [6, 6.07) is 1.63. The van der Waals surface area contributed by atoms with Crippen LogP contribution < -0.4 is 9.64 Å². The number of anilines is 1. The van der Waals surface area contributed by atoms with Crippen molar-refractivity contribution in [1.29, 1.82) is 0 Å². The largest absolute Gasteiger partial charge is 0.474 e. The van der Waals surface area contributed by atoms with Crippen molar-refractivity contribution in [1.82, 2.24) is 14.9 Å². The Morgan fingerprint density at radius 1 is 1.19 bits per heavy atom. The van der Waals surface area contributed by atoms with Crippen LogP contribution in [-0.2, 0) is 9.47 Å². The van der Waals surface area contributed by atoms with E-state index in [9.17, 15) is 4.79 Å². The summed E-state index contributed by atoms with van der Waals surface area (Å²) < 4.78 is 16.8. The first kappa shape index (κ1) is 19.9. The molecule has 1 amide bonds. The Labute approximate surface area is 164 Å². The van der Waals surface area contributed by atoms with Crippen LogP contribution in [0.4, 0.5) is 10.7 Å². The average molecular weight is 399 g/mol. The van der Waals surface area contributed by atoms with E-state index in [1.54, 1.807) is 11.0 Å². The van der Waals surface area contributed by atoms with Crippen LogP contribution >= 0.6 is 11.6 Å². The highest BCUT2D eigenvalue weighted by atomic mass is 35.5. The molecule has 2 aliphatic heterocycles. The van der Waals surface area contributed by atoms with Gasteiger partial charge in [-0.1, -0.05) is 11.6 Å². The van der Waals surface area contributed by atoms with Crippen molar-refractivity contribution < 1.29 is 19.0 Å². The molecular formula is C18H27ClN4O4. The van der Waals surface area contributed by atoms with Gasteiger partial charge in [-0.25, -0.2) is 9.78 Å². The maximum atomic E-state index is 12.2. The van der Waals surface area contributed by atoms with E-state index in [1.165, 1.54) is 0 Å². The third-order valence-electron chi connectivity index (χ3n) is 4.33. The number of ether oxygens (including phenoxy) is 3. The molecule has 0 aliphatic carbocycles. The lowest BCUT2D eigenvalue weighted by Gasteiger charge is -2.33. The van der Waals surface area contributed by atoms with E-state index in [0.717, 1.165) is 13.1 Å². The van der Waals surface area contributed by atoms with Crippen molar-refractivity contribution in [2.45, 2.75) is 45.3 Å². The maximum absolute atomic E-state index is 12.2. The van der Waals surface area contributed by atoms with Crippen LogP contribution in [-0.4, -0.2) is 72.1 Å². The lowest BCUT2D eigenvalue weighted by Crippen LogP contribution is -2.44. The molecule has 0 bridgehead atoms. The number of hydrogen-bond acceptors (Lipinski definition) is 7. The minimum absolute atomic E-state index is 0.0211. The summed E-state index contributed by atoms with van der Waals surface area (Å²) in [6.07, 6.45) is 1.13. The second-order valence-electron chi connectivity index (χ2n) is 7.71. The molecule has 0 unspecified atom stereocenters. The van der Waals surface area contributed by atoms with E-state index >= 15 is 0 Å². The Morgan fingerprint density at radius 2 is 1.85 bits per heavy atom. The third kappa shape index (κ3) is 5.84. The van der Waals surface area contributed by atoms with E-state index in [4.69, 9.17) is 25.8 Å². The van der Waals surface area contributed by atoms with Gasteiger partial charge < -0.3 is 24.0 Å². The van der Waals surface area contributed by atoms with Gasteiger partial charge in [0.1, 0.15) is 16.9 Å². The fourth-order valence-electron chi connectivity index (χ4n) is 3.00. The third-order valence-corrected chi connectivity index (χ3v) is 4.53. The van der Waals surface area contributed by atoms with E-state index in [1.807, 2.05) is 25.7 Å². The van der Waals surface area contributed by atoms with Crippen molar-refractivity contribution >= 4 is 23.6 Å². The smallest absolute Gasteiger partial charge is 0.410 e. The van der Waals surface area contributed by atoms with Gasteiger partial charge >= 0.3 is 6.09 Å². The average Bonchev–Trinajstić information content (AvgIpc) is 2.61. The Kier molecular flexibility index (Phi) is 6.26. The molecule has 9 heteroatoms. The number of morpholine rings is 1. The molecule has 3 rings (SSSR count). The standard InChI is InChI=1S/C18H27ClN4O4/c1-18(2,3)27-17(24)23-6-4-13(5-7-23)26-15-12-14(19)20-16(21-15)22-8-10-25-11-9-22/h12-13H,4-11H2,1-3H3. The van der Waals surface area contributed by atoms with E-state index in [0.29, 0.717) is 56.1 Å². The number of carbonyl (C=O) groups excluding carboxylic acids is 1. The summed E-state index contributed by atoms with van der Waals surface area (Å²) in [5, 5.41) is 0.354. The number of hydrogen-bond donors (Lipinski definition) is 0. The minimum atomic E-state index is -0.488. The van der Waals surface area contributed by atoms with Gasteiger partial charge in [0.2, 0.25) is 11.8 Å². The fraction of sp³-hybridized carbons (Fsp3) is 0.722.